The van der Waals surface area contributed by atoms with E-state index in [0.29, 0.717) is 18.0 Å². The minimum absolute atomic E-state index is 0.375. The number of hydrogen-bond acceptors (Lipinski definition) is 3. The highest BCUT2D eigenvalue weighted by molar-refractivity contribution is 7.18. The Morgan fingerprint density at radius 1 is 1.53 bits per heavy atom. The molecule has 0 fully saturated rings. The van der Waals surface area contributed by atoms with Crippen molar-refractivity contribution in [3.63, 3.8) is 0 Å². The molecule has 0 spiro atoms. The van der Waals surface area contributed by atoms with Crippen molar-refractivity contribution in [3.05, 3.63) is 28.2 Å². The van der Waals surface area contributed by atoms with Crippen LogP contribution < -0.4 is 5.32 Å². The summed E-state index contributed by atoms with van der Waals surface area (Å²) in [5, 5.41) is 4.10. The third-order valence-corrected chi connectivity index (χ3v) is 3.89. The van der Waals surface area contributed by atoms with Crippen molar-refractivity contribution in [2.24, 2.45) is 0 Å². The number of rotatable bonds is 4. The van der Waals surface area contributed by atoms with Crippen LogP contribution >= 0.6 is 22.9 Å². The summed E-state index contributed by atoms with van der Waals surface area (Å²) in [7, 11) is 0. The molecule has 0 atom stereocenters. The lowest BCUT2D eigenvalue weighted by Crippen LogP contribution is -2.39. The van der Waals surface area contributed by atoms with Gasteiger partial charge in [-0.25, -0.2) is 9.37 Å². The van der Waals surface area contributed by atoms with Crippen LogP contribution in [0.4, 0.5) is 4.39 Å². The zero-order valence-electron chi connectivity index (χ0n) is 10.7. The van der Waals surface area contributed by atoms with E-state index >= 15 is 0 Å². The molecule has 0 saturated carbocycles. The molecule has 1 N–H and O–H groups in total. The van der Waals surface area contributed by atoms with E-state index in [9.17, 15) is 9.18 Å². The standard InChI is InChI=1S/C13H14ClFN2OS/c1-13(2,15)12(18)16-6-5-11-17-9-7-8(14)3-4-10(9)19-11/h3-4,7H,5-6H2,1-2H3,(H,16,18). The summed E-state index contributed by atoms with van der Waals surface area (Å²) in [6.07, 6.45) is 0.582. The highest BCUT2D eigenvalue weighted by Crippen LogP contribution is 2.25. The van der Waals surface area contributed by atoms with Crippen molar-refractivity contribution in [3.8, 4) is 0 Å². The first-order chi connectivity index (χ1) is 8.86. The molecule has 0 unspecified atom stereocenters. The number of carbonyl (C=O) groups is 1. The monoisotopic (exact) mass is 300 g/mol. The quantitative estimate of drug-likeness (QED) is 0.941. The summed E-state index contributed by atoms with van der Waals surface area (Å²) in [5.41, 5.74) is -0.995. The van der Waals surface area contributed by atoms with Gasteiger partial charge >= 0.3 is 0 Å². The number of thiazole rings is 1. The van der Waals surface area contributed by atoms with E-state index in [2.05, 4.69) is 10.3 Å². The van der Waals surface area contributed by atoms with Crippen LogP contribution in [0.15, 0.2) is 18.2 Å². The Balaban J connectivity index is 1.97. The molecular weight excluding hydrogens is 287 g/mol. The fraction of sp³-hybridized carbons (Fsp3) is 0.385. The molecule has 1 amide bonds. The summed E-state index contributed by atoms with van der Waals surface area (Å²) >= 11 is 7.44. The average Bonchev–Trinajstić information content (AvgIpc) is 2.69. The second-order valence-electron chi connectivity index (χ2n) is 4.70. The van der Waals surface area contributed by atoms with Gasteiger partial charge in [-0.1, -0.05) is 11.6 Å². The van der Waals surface area contributed by atoms with E-state index in [1.165, 1.54) is 13.8 Å². The molecule has 6 heteroatoms. The topological polar surface area (TPSA) is 42.0 Å². The van der Waals surface area contributed by atoms with Crippen molar-refractivity contribution < 1.29 is 9.18 Å². The van der Waals surface area contributed by atoms with E-state index in [1.807, 2.05) is 12.1 Å². The molecule has 102 valence electrons. The Hall–Kier alpha value is -1.20. The Morgan fingerprint density at radius 3 is 2.95 bits per heavy atom. The lowest BCUT2D eigenvalue weighted by atomic mass is 10.1. The van der Waals surface area contributed by atoms with Crippen molar-refractivity contribution in [1.82, 2.24) is 10.3 Å². The van der Waals surface area contributed by atoms with Crippen molar-refractivity contribution in [2.75, 3.05) is 6.54 Å². The molecule has 1 aromatic heterocycles. The van der Waals surface area contributed by atoms with Crippen LogP contribution in [0.1, 0.15) is 18.9 Å². The predicted molar refractivity (Wildman–Crippen MR) is 76.5 cm³/mol. The molecule has 0 bridgehead atoms. The summed E-state index contributed by atoms with van der Waals surface area (Å²) in [5.74, 6) is -0.600. The second-order valence-corrected chi connectivity index (χ2v) is 6.25. The number of nitrogens with zero attached hydrogens (tertiary/aromatic N) is 1. The van der Waals surface area contributed by atoms with Crippen LogP contribution in [0.5, 0.6) is 0 Å². The van der Waals surface area contributed by atoms with Gasteiger partial charge in [-0.05, 0) is 32.0 Å². The molecule has 2 rings (SSSR count). The van der Waals surface area contributed by atoms with Crippen LogP contribution in [-0.4, -0.2) is 23.1 Å². The van der Waals surface area contributed by atoms with Gasteiger partial charge in [0.15, 0.2) is 5.67 Å². The number of benzene rings is 1. The first-order valence-electron chi connectivity index (χ1n) is 5.88. The maximum Gasteiger partial charge on any atom is 0.257 e. The molecule has 19 heavy (non-hydrogen) atoms. The van der Waals surface area contributed by atoms with Gasteiger partial charge in [-0.15, -0.1) is 11.3 Å². The number of alkyl halides is 1. The normalized spacial score (nSPS) is 11.8. The number of amides is 1. The highest BCUT2D eigenvalue weighted by Gasteiger charge is 2.25. The van der Waals surface area contributed by atoms with E-state index in [1.54, 1.807) is 17.4 Å². The van der Waals surface area contributed by atoms with Gasteiger partial charge in [0.05, 0.1) is 15.2 Å². The minimum atomic E-state index is -1.85. The lowest BCUT2D eigenvalue weighted by Gasteiger charge is -2.13. The fourth-order valence-corrected chi connectivity index (χ4v) is 2.66. The number of aromatic nitrogens is 1. The van der Waals surface area contributed by atoms with Gasteiger partial charge in [0.2, 0.25) is 0 Å². The number of hydrogen-bond donors (Lipinski definition) is 1. The van der Waals surface area contributed by atoms with Gasteiger partial charge in [-0.2, -0.15) is 0 Å². The van der Waals surface area contributed by atoms with E-state index in [0.717, 1.165) is 15.2 Å². The van der Waals surface area contributed by atoms with Gasteiger partial charge in [0.25, 0.3) is 5.91 Å². The first kappa shape index (κ1) is 14.2. The van der Waals surface area contributed by atoms with Crippen LogP contribution in [0.2, 0.25) is 5.02 Å². The second kappa shape index (κ2) is 5.43. The Morgan fingerprint density at radius 2 is 2.26 bits per heavy atom. The maximum absolute atomic E-state index is 13.3. The predicted octanol–water partition coefficient (Wildman–Crippen LogP) is 3.36. The molecule has 3 nitrogen and oxygen atoms in total. The Kier molecular flexibility index (Phi) is 4.06. The summed E-state index contributed by atoms with van der Waals surface area (Å²) in [4.78, 5) is 15.8. The summed E-state index contributed by atoms with van der Waals surface area (Å²) < 4.78 is 14.3. The number of nitrogens with one attached hydrogen (secondary N) is 1. The van der Waals surface area contributed by atoms with Gasteiger partial charge in [0, 0.05) is 18.0 Å². The zero-order valence-corrected chi connectivity index (χ0v) is 12.2. The maximum atomic E-state index is 13.3. The fourth-order valence-electron chi connectivity index (χ4n) is 1.55. The Labute approximate surface area is 119 Å². The lowest BCUT2D eigenvalue weighted by molar-refractivity contribution is -0.130. The van der Waals surface area contributed by atoms with Crippen molar-refractivity contribution in [2.45, 2.75) is 25.9 Å². The van der Waals surface area contributed by atoms with Gasteiger partial charge in [0.1, 0.15) is 0 Å². The Bertz CT molecular complexity index is 606. The van der Waals surface area contributed by atoms with E-state index < -0.39 is 11.6 Å². The molecule has 0 aliphatic carbocycles. The molecule has 0 aliphatic heterocycles. The molecular formula is C13H14ClFN2OS. The molecule has 0 radical (unpaired) electrons. The van der Waals surface area contributed by atoms with E-state index in [4.69, 9.17) is 11.6 Å². The zero-order chi connectivity index (χ0) is 14.0. The molecule has 1 heterocycles. The molecule has 2 aromatic rings. The molecule has 0 aliphatic rings. The van der Waals surface area contributed by atoms with Gasteiger partial charge in [-0.3, -0.25) is 4.79 Å². The van der Waals surface area contributed by atoms with Crippen LogP contribution in [0.3, 0.4) is 0 Å². The molecule has 1 aromatic carbocycles. The highest BCUT2D eigenvalue weighted by atomic mass is 35.5. The molecule has 0 saturated heterocycles. The number of carbonyl (C=O) groups excluding carboxylic acids is 1. The van der Waals surface area contributed by atoms with Crippen molar-refractivity contribution in [1.29, 1.82) is 0 Å². The average molecular weight is 301 g/mol. The minimum Gasteiger partial charge on any atom is -0.353 e. The number of fused-ring (bicyclic) bond motifs is 1. The largest absolute Gasteiger partial charge is 0.353 e. The van der Waals surface area contributed by atoms with Gasteiger partial charge < -0.3 is 5.32 Å². The van der Waals surface area contributed by atoms with Crippen LogP contribution in [-0.2, 0) is 11.2 Å². The summed E-state index contributed by atoms with van der Waals surface area (Å²) in [6.45, 7) is 2.85. The third-order valence-electron chi connectivity index (χ3n) is 2.56. The van der Waals surface area contributed by atoms with E-state index in [-0.39, 0.29) is 0 Å². The van der Waals surface area contributed by atoms with Crippen molar-refractivity contribution >= 4 is 39.1 Å². The first-order valence-corrected chi connectivity index (χ1v) is 7.08. The van der Waals surface area contributed by atoms with Crippen LogP contribution in [0, 0.1) is 0 Å². The number of halogens is 2. The SMILES string of the molecule is CC(C)(F)C(=O)NCCc1nc2cc(Cl)ccc2s1. The smallest absolute Gasteiger partial charge is 0.257 e. The third kappa shape index (κ3) is 3.64. The summed E-state index contributed by atoms with van der Waals surface area (Å²) in [6, 6.07) is 5.54. The van der Waals surface area contributed by atoms with Crippen LogP contribution in [0.25, 0.3) is 10.2 Å².